The van der Waals surface area contributed by atoms with E-state index < -0.39 is 28.7 Å². The van der Waals surface area contributed by atoms with Crippen molar-refractivity contribution in [3.05, 3.63) is 82.2 Å². The molecule has 6 rings (SSSR count). The highest BCUT2D eigenvalue weighted by Crippen LogP contribution is 2.38. The van der Waals surface area contributed by atoms with Gasteiger partial charge in [-0.25, -0.2) is 8.42 Å². The number of esters is 1. The van der Waals surface area contributed by atoms with Crippen molar-refractivity contribution in [2.75, 3.05) is 56.6 Å². The molecule has 0 bridgehead atoms. The van der Waals surface area contributed by atoms with E-state index in [1.54, 1.807) is 35.0 Å². The largest absolute Gasteiger partial charge is 0.489 e. The van der Waals surface area contributed by atoms with Crippen molar-refractivity contribution in [1.29, 1.82) is 0 Å². The standard InChI is InChI=1S/C35H38Cl2F2N4O7S/c1-51(45,46)43(12-11-41-13-15-47-16-14-41)30-4-2-3-29-25(30)9-10-42(29)21-34(44)49-32(18-26-27(36)19-40-20-28(26)37)24-7-8-31(50-35(38)39)33(17-24)48-22-23-5-6-23/h2-4,7-10,17,19-20,23,32,35H,5-6,11-16,18,21-22H2,1H3/t32-/m0/s1. The van der Waals surface area contributed by atoms with Crippen molar-refractivity contribution in [2.24, 2.45) is 5.92 Å². The van der Waals surface area contributed by atoms with Crippen LogP contribution < -0.4 is 13.8 Å². The molecule has 274 valence electrons. The van der Waals surface area contributed by atoms with Crippen molar-refractivity contribution < 1.29 is 40.9 Å². The molecule has 0 N–H and O–H groups in total. The molecule has 2 aromatic carbocycles. The number of pyridine rings is 1. The molecule has 1 atom stereocenters. The number of rotatable bonds is 16. The number of ether oxygens (including phenoxy) is 4. The Kier molecular flexibility index (Phi) is 11.9. The normalized spacial score (nSPS) is 16.0. The molecule has 4 aromatic rings. The predicted molar refractivity (Wildman–Crippen MR) is 189 cm³/mol. The molecule has 0 radical (unpaired) electrons. The van der Waals surface area contributed by atoms with Gasteiger partial charge in [0.15, 0.2) is 11.5 Å². The molecule has 1 saturated carbocycles. The Morgan fingerprint density at radius 1 is 1.08 bits per heavy atom. The Bertz CT molecular complexity index is 1940. The number of carbonyl (C=O) groups is 1. The van der Waals surface area contributed by atoms with Gasteiger partial charge < -0.3 is 23.5 Å². The van der Waals surface area contributed by atoms with Crippen molar-refractivity contribution in [1.82, 2.24) is 14.5 Å². The van der Waals surface area contributed by atoms with E-state index in [9.17, 15) is 22.0 Å². The highest BCUT2D eigenvalue weighted by molar-refractivity contribution is 7.92. The predicted octanol–water partition coefficient (Wildman–Crippen LogP) is 6.36. The van der Waals surface area contributed by atoms with E-state index in [0.29, 0.717) is 60.0 Å². The Morgan fingerprint density at radius 3 is 2.51 bits per heavy atom. The van der Waals surface area contributed by atoms with Crippen LogP contribution in [0, 0.1) is 5.92 Å². The van der Waals surface area contributed by atoms with E-state index in [4.69, 9.17) is 42.1 Å². The van der Waals surface area contributed by atoms with E-state index in [1.165, 1.54) is 41.2 Å². The van der Waals surface area contributed by atoms with Gasteiger partial charge in [-0.05, 0) is 60.2 Å². The average Bonchev–Trinajstić information content (AvgIpc) is 3.84. The second-order valence-electron chi connectivity index (χ2n) is 12.5. The Hall–Kier alpha value is -3.69. The molecule has 2 fully saturated rings. The van der Waals surface area contributed by atoms with E-state index in [2.05, 4.69) is 9.88 Å². The third kappa shape index (κ3) is 9.60. The Balaban J connectivity index is 1.26. The summed E-state index contributed by atoms with van der Waals surface area (Å²) in [5, 5.41) is 1.18. The fourth-order valence-corrected chi connectivity index (χ4v) is 7.44. The van der Waals surface area contributed by atoms with Gasteiger partial charge >= 0.3 is 12.6 Å². The summed E-state index contributed by atoms with van der Waals surface area (Å²) < 4.78 is 77.6. The molecule has 11 nitrogen and oxygen atoms in total. The highest BCUT2D eigenvalue weighted by Gasteiger charge is 2.27. The maximum absolute atomic E-state index is 13.7. The minimum Gasteiger partial charge on any atom is -0.489 e. The molecule has 2 aliphatic rings. The lowest BCUT2D eigenvalue weighted by Gasteiger charge is -2.30. The van der Waals surface area contributed by atoms with Gasteiger partial charge in [0.2, 0.25) is 10.0 Å². The maximum Gasteiger partial charge on any atom is 0.387 e. The monoisotopic (exact) mass is 766 g/mol. The molecular weight excluding hydrogens is 729 g/mol. The van der Waals surface area contributed by atoms with Crippen LogP contribution in [-0.4, -0.2) is 87.7 Å². The lowest BCUT2D eigenvalue weighted by Crippen LogP contribution is -2.43. The molecule has 51 heavy (non-hydrogen) atoms. The van der Waals surface area contributed by atoms with Crippen LogP contribution in [0.25, 0.3) is 10.9 Å². The lowest BCUT2D eigenvalue weighted by atomic mass is 10.0. The molecule has 1 aliphatic heterocycles. The number of hydrogen-bond acceptors (Lipinski definition) is 9. The second kappa shape index (κ2) is 16.3. The van der Waals surface area contributed by atoms with Crippen LogP contribution in [0.2, 0.25) is 10.0 Å². The van der Waals surface area contributed by atoms with Crippen LogP contribution in [0.3, 0.4) is 0 Å². The van der Waals surface area contributed by atoms with Crippen LogP contribution in [0.4, 0.5) is 14.5 Å². The van der Waals surface area contributed by atoms with Gasteiger partial charge in [0.25, 0.3) is 0 Å². The molecule has 16 heteroatoms. The molecule has 2 aromatic heterocycles. The number of benzene rings is 2. The van der Waals surface area contributed by atoms with E-state index >= 15 is 0 Å². The third-order valence-electron chi connectivity index (χ3n) is 8.82. The number of anilines is 1. The summed E-state index contributed by atoms with van der Waals surface area (Å²) >= 11 is 12.9. The second-order valence-corrected chi connectivity index (χ2v) is 15.3. The van der Waals surface area contributed by atoms with Crippen molar-refractivity contribution >= 4 is 55.8 Å². The SMILES string of the molecule is CS(=O)(=O)N(CCN1CCOCC1)c1cccc2c1ccn2CC(=O)O[C@@H](Cc1c(Cl)cncc1Cl)c1ccc(OC(F)F)c(OCC2CC2)c1. The number of halogens is 4. The third-order valence-corrected chi connectivity index (χ3v) is 10.7. The maximum atomic E-state index is 13.7. The number of carbonyl (C=O) groups excluding carboxylic acids is 1. The zero-order valence-electron chi connectivity index (χ0n) is 27.9. The summed E-state index contributed by atoms with van der Waals surface area (Å²) in [4.78, 5) is 19.8. The highest BCUT2D eigenvalue weighted by atomic mass is 35.5. The smallest absolute Gasteiger partial charge is 0.387 e. The summed E-state index contributed by atoms with van der Waals surface area (Å²) in [5.41, 5.74) is 2.06. The number of alkyl halides is 2. The minimum absolute atomic E-state index is 0.0477. The molecular formula is C35H38Cl2F2N4O7S. The van der Waals surface area contributed by atoms with Gasteiger partial charge in [0.05, 0.1) is 47.3 Å². The van der Waals surface area contributed by atoms with Crippen LogP contribution >= 0.6 is 23.2 Å². The van der Waals surface area contributed by atoms with E-state index in [1.807, 2.05) is 0 Å². The summed E-state index contributed by atoms with van der Waals surface area (Å²) in [6.45, 7) is 0.499. The molecule has 1 aliphatic carbocycles. The minimum atomic E-state index is -3.64. The zero-order valence-corrected chi connectivity index (χ0v) is 30.2. The first-order valence-electron chi connectivity index (χ1n) is 16.5. The van der Waals surface area contributed by atoms with Crippen molar-refractivity contribution in [3.63, 3.8) is 0 Å². The van der Waals surface area contributed by atoms with Gasteiger partial charge in [0, 0.05) is 56.6 Å². The molecule has 0 amide bonds. The fourth-order valence-electron chi connectivity index (χ4n) is 5.99. The summed E-state index contributed by atoms with van der Waals surface area (Å²) in [6, 6.07) is 11.5. The summed E-state index contributed by atoms with van der Waals surface area (Å²) in [6.07, 6.45) is 6.79. The Morgan fingerprint density at radius 2 is 1.82 bits per heavy atom. The average molecular weight is 768 g/mol. The van der Waals surface area contributed by atoms with Gasteiger partial charge in [-0.3, -0.25) is 19.0 Å². The molecule has 1 saturated heterocycles. The van der Waals surface area contributed by atoms with Crippen LogP contribution in [0.5, 0.6) is 11.5 Å². The number of fused-ring (bicyclic) bond motifs is 1. The first-order valence-corrected chi connectivity index (χ1v) is 19.1. The number of sulfonamides is 1. The van der Waals surface area contributed by atoms with Gasteiger partial charge in [0.1, 0.15) is 12.6 Å². The zero-order chi connectivity index (χ0) is 36.1. The summed E-state index contributed by atoms with van der Waals surface area (Å²) in [7, 11) is -3.64. The van der Waals surface area contributed by atoms with Gasteiger partial charge in [-0.1, -0.05) is 35.3 Å². The lowest BCUT2D eigenvalue weighted by molar-refractivity contribution is -0.150. The Labute approximate surface area is 305 Å². The number of aromatic nitrogens is 2. The fraction of sp³-hybridized carbons (Fsp3) is 0.429. The number of nitrogens with zero attached hydrogens (tertiary/aromatic N) is 4. The topological polar surface area (TPSA) is 112 Å². The quantitative estimate of drug-likeness (QED) is 0.120. The molecule has 0 spiro atoms. The number of morpholine rings is 1. The van der Waals surface area contributed by atoms with Crippen molar-refractivity contribution in [3.8, 4) is 11.5 Å². The molecule has 3 heterocycles. The van der Waals surface area contributed by atoms with E-state index in [0.717, 1.165) is 25.9 Å². The van der Waals surface area contributed by atoms with Crippen LogP contribution in [0.1, 0.15) is 30.1 Å². The number of hydrogen-bond donors (Lipinski definition) is 0. The first kappa shape index (κ1) is 37.1. The van der Waals surface area contributed by atoms with E-state index in [-0.39, 0.29) is 41.1 Å². The summed E-state index contributed by atoms with van der Waals surface area (Å²) in [5.74, 6) is -0.324. The molecule has 0 unspecified atom stereocenters. The van der Waals surface area contributed by atoms with Crippen LogP contribution in [-0.2, 0) is 37.3 Å². The first-order chi connectivity index (χ1) is 24.5. The van der Waals surface area contributed by atoms with Crippen LogP contribution in [0.15, 0.2) is 61.1 Å². The van der Waals surface area contributed by atoms with Gasteiger partial charge in [-0.2, -0.15) is 8.78 Å². The van der Waals surface area contributed by atoms with Gasteiger partial charge in [-0.15, -0.1) is 0 Å². The van der Waals surface area contributed by atoms with Crippen molar-refractivity contribution in [2.45, 2.75) is 38.5 Å².